The van der Waals surface area contributed by atoms with Gasteiger partial charge in [0.1, 0.15) is 6.04 Å². The Kier molecular flexibility index (Phi) is 4.20. The first-order valence-corrected chi connectivity index (χ1v) is 8.77. The van der Waals surface area contributed by atoms with Gasteiger partial charge < -0.3 is 9.67 Å². The molecular formula is C22H19N3O2. The monoisotopic (exact) mass is 357 g/mol. The summed E-state index contributed by atoms with van der Waals surface area (Å²) in [5.74, 6) is -0.249. The molecule has 0 bridgehead atoms. The molecule has 2 heterocycles. The Hall–Kier alpha value is -3.47. The van der Waals surface area contributed by atoms with E-state index >= 15 is 0 Å². The minimum atomic E-state index is -0.865. The van der Waals surface area contributed by atoms with Crippen LogP contribution in [0, 0.1) is 6.92 Å². The van der Waals surface area contributed by atoms with E-state index in [4.69, 9.17) is 4.98 Å². The fourth-order valence-corrected chi connectivity index (χ4v) is 3.13. The number of hydrogen-bond acceptors (Lipinski definition) is 3. The Morgan fingerprint density at radius 1 is 1.04 bits per heavy atom. The fraction of sp³-hybridized carbons (Fsp3) is 0.136. The number of fused-ring (bicyclic) bond motifs is 1. The molecule has 0 saturated carbocycles. The van der Waals surface area contributed by atoms with E-state index in [0.29, 0.717) is 5.82 Å². The molecule has 1 atom stereocenters. The third kappa shape index (κ3) is 3.19. The molecule has 0 aliphatic carbocycles. The number of benzene rings is 2. The first-order chi connectivity index (χ1) is 13.0. The van der Waals surface area contributed by atoms with Crippen molar-refractivity contribution in [1.29, 1.82) is 0 Å². The van der Waals surface area contributed by atoms with E-state index in [0.717, 1.165) is 27.7 Å². The molecular weight excluding hydrogens is 338 g/mol. The summed E-state index contributed by atoms with van der Waals surface area (Å²) in [5.41, 5.74) is 4.80. The summed E-state index contributed by atoms with van der Waals surface area (Å²) in [6, 6.07) is 17.3. The van der Waals surface area contributed by atoms with Crippen molar-refractivity contribution in [3.8, 4) is 22.6 Å². The van der Waals surface area contributed by atoms with Gasteiger partial charge in [0.15, 0.2) is 5.82 Å². The molecule has 5 nitrogen and oxygen atoms in total. The van der Waals surface area contributed by atoms with Crippen molar-refractivity contribution < 1.29 is 9.90 Å². The van der Waals surface area contributed by atoms with Crippen LogP contribution >= 0.6 is 0 Å². The van der Waals surface area contributed by atoms with Gasteiger partial charge in [-0.15, -0.1) is 0 Å². The predicted molar refractivity (Wildman–Crippen MR) is 105 cm³/mol. The van der Waals surface area contributed by atoms with Gasteiger partial charge in [0, 0.05) is 29.0 Å². The van der Waals surface area contributed by atoms with Crippen LogP contribution in [0.2, 0.25) is 0 Å². The first kappa shape index (κ1) is 17.0. The lowest BCUT2D eigenvalue weighted by Gasteiger charge is -2.11. The standard InChI is InChI=1S/C22H19N3O2/c1-14-3-5-16(6-4-14)19-9-11-23-21(24-19)18-8-7-17-10-12-25(20(17)13-18)15(2)22(26)27/h3-13,15H,1-2H3,(H,26,27). The number of carboxylic acid groups (broad SMARTS) is 1. The first-order valence-electron chi connectivity index (χ1n) is 8.77. The summed E-state index contributed by atoms with van der Waals surface area (Å²) < 4.78 is 1.75. The summed E-state index contributed by atoms with van der Waals surface area (Å²) in [7, 11) is 0. The molecule has 5 heteroatoms. The molecule has 2 aromatic carbocycles. The normalized spacial score (nSPS) is 12.2. The van der Waals surface area contributed by atoms with Crippen LogP contribution in [0.15, 0.2) is 67.0 Å². The van der Waals surface area contributed by atoms with Crippen LogP contribution in [0.4, 0.5) is 0 Å². The number of carbonyl (C=O) groups is 1. The summed E-state index contributed by atoms with van der Waals surface area (Å²) in [6.45, 7) is 3.72. The Bertz CT molecular complexity index is 1130. The third-order valence-corrected chi connectivity index (χ3v) is 4.76. The molecule has 1 unspecified atom stereocenters. The SMILES string of the molecule is Cc1ccc(-c2ccnc(-c3ccc4ccn(C(C)C(=O)O)c4c3)n2)cc1. The van der Waals surface area contributed by atoms with Crippen LogP contribution < -0.4 is 0 Å². The molecule has 1 N–H and O–H groups in total. The molecule has 27 heavy (non-hydrogen) atoms. The zero-order chi connectivity index (χ0) is 19.0. The minimum absolute atomic E-state index is 0.616. The summed E-state index contributed by atoms with van der Waals surface area (Å²) in [6.07, 6.45) is 3.55. The summed E-state index contributed by atoms with van der Waals surface area (Å²) in [5, 5.41) is 10.3. The van der Waals surface area contributed by atoms with Gasteiger partial charge in [-0.1, -0.05) is 42.0 Å². The summed E-state index contributed by atoms with van der Waals surface area (Å²) >= 11 is 0. The largest absolute Gasteiger partial charge is 0.480 e. The Morgan fingerprint density at radius 2 is 1.78 bits per heavy atom. The van der Waals surface area contributed by atoms with E-state index in [-0.39, 0.29) is 0 Å². The van der Waals surface area contributed by atoms with Crippen molar-refractivity contribution in [2.45, 2.75) is 19.9 Å². The number of aryl methyl sites for hydroxylation is 1. The number of aromatic nitrogens is 3. The Labute approximate surface area is 157 Å². The molecule has 2 aromatic heterocycles. The average Bonchev–Trinajstić information content (AvgIpc) is 3.11. The van der Waals surface area contributed by atoms with E-state index in [1.807, 2.05) is 42.5 Å². The number of hydrogen-bond donors (Lipinski definition) is 1. The van der Waals surface area contributed by atoms with Crippen molar-refractivity contribution in [3.05, 3.63) is 72.6 Å². The highest BCUT2D eigenvalue weighted by Crippen LogP contribution is 2.27. The van der Waals surface area contributed by atoms with Crippen molar-refractivity contribution in [1.82, 2.24) is 14.5 Å². The van der Waals surface area contributed by atoms with E-state index < -0.39 is 12.0 Å². The lowest BCUT2D eigenvalue weighted by atomic mass is 10.1. The van der Waals surface area contributed by atoms with Gasteiger partial charge in [-0.05, 0) is 37.4 Å². The molecule has 0 aliphatic rings. The third-order valence-electron chi connectivity index (χ3n) is 4.76. The van der Waals surface area contributed by atoms with Crippen molar-refractivity contribution in [3.63, 3.8) is 0 Å². The highest BCUT2D eigenvalue weighted by Gasteiger charge is 2.16. The van der Waals surface area contributed by atoms with E-state index in [2.05, 4.69) is 24.0 Å². The predicted octanol–water partition coefficient (Wildman–Crippen LogP) is 4.72. The molecule has 4 aromatic rings. The molecule has 4 rings (SSSR count). The fourth-order valence-electron chi connectivity index (χ4n) is 3.13. The van der Waals surface area contributed by atoms with E-state index in [9.17, 15) is 9.90 Å². The van der Waals surface area contributed by atoms with Crippen LogP contribution in [0.25, 0.3) is 33.5 Å². The zero-order valence-corrected chi connectivity index (χ0v) is 15.1. The molecule has 0 spiro atoms. The van der Waals surface area contributed by atoms with Gasteiger partial charge in [0.05, 0.1) is 5.69 Å². The van der Waals surface area contributed by atoms with Gasteiger partial charge in [-0.3, -0.25) is 0 Å². The van der Waals surface area contributed by atoms with Gasteiger partial charge >= 0.3 is 5.97 Å². The molecule has 0 amide bonds. The van der Waals surface area contributed by atoms with Gasteiger partial charge in [-0.25, -0.2) is 14.8 Å². The smallest absolute Gasteiger partial charge is 0.326 e. The van der Waals surface area contributed by atoms with Gasteiger partial charge in [-0.2, -0.15) is 0 Å². The second-order valence-electron chi connectivity index (χ2n) is 6.64. The maximum absolute atomic E-state index is 11.4. The maximum atomic E-state index is 11.4. The number of nitrogens with zero attached hydrogens (tertiary/aromatic N) is 3. The van der Waals surface area contributed by atoms with Crippen molar-refractivity contribution in [2.24, 2.45) is 0 Å². The molecule has 0 radical (unpaired) electrons. The van der Waals surface area contributed by atoms with E-state index in [1.54, 1.807) is 23.9 Å². The van der Waals surface area contributed by atoms with Crippen LogP contribution in [-0.4, -0.2) is 25.6 Å². The van der Waals surface area contributed by atoms with Crippen LogP contribution in [-0.2, 0) is 4.79 Å². The zero-order valence-electron chi connectivity index (χ0n) is 15.1. The second-order valence-corrected chi connectivity index (χ2v) is 6.64. The maximum Gasteiger partial charge on any atom is 0.326 e. The Balaban J connectivity index is 1.78. The topological polar surface area (TPSA) is 68.0 Å². The molecule has 0 fully saturated rings. The Morgan fingerprint density at radius 3 is 2.52 bits per heavy atom. The average molecular weight is 357 g/mol. The minimum Gasteiger partial charge on any atom is -0.480 e. The highest BCUT2D eigenvalue weighted by molar-refractivity contribution is 5.86. The van der Waals surface area contributed by atoms with Crippen molar-refractivity contribution >= 4 is 16.9 Å². The molecule has 134 valence electrons. The number of aliphatic carboxylic acids is 1. The van der Waals surface area contributed by atoms with Crippen LogP contribution in [0.1, 0.15) is 18.5 Å². The molecule has 0 saturated heterocycles. The number of carboxylic acids is 1. The second kappa shape index (κ2) is 6.68. The van der Waals surface area contributed by atoms with Gasteiger partial charge in [0.2, 0.25) is 0 Å². The highest BCUT2D eigenvalue weighted by atomic mass is 16.4. The lowest BCUT2D eigenvalue weighted by molar-refractivity contribution is -0.140. The van der Waals surface area contributed by atoms with Gasteiger partial charge in [0.25, 0.3) is 0 Å². The summed E-state index contributed by atoms with van der Waals surface area (Å²) in [4.78, 5) is 20.5. The lowest BCUT2D eigenvalue weighted by Crippen LogP contribution is -2.14. The number of rotatable bonds is 4. The van der Waals surface area contributed by atoms with Crippen LogP contribution in [0.3, 0.4) is 0 Å². The quantitative estimate of drug-likeness (QED) is 0.574. The van der Waals surface area contributed by atoms with E-state index in [1.165, 1.54) is 5.56 Å². The molecule has 0 aliphatic heterocycles. The van der Waals surface area contributed by atoms with Crippen LogP contribution in [0.5, 0.6) is 0 Å². The van der Waals surface area contributed by atoms with Crippen molar-refractivity contribution in [2.75, 3.05) is 0 Å².